The van der Waals surface area contributed by atoms with Crippen molar-refractivity contribution in [3.05, 3.63) is 101 Å². The van der Waals surface area contributed by atoms with Gasteiger partial charge in [-0.1, -0.05) is 35.5 Å². The Morgan fingerprint density at radius 1 is 1.00 bits per heavy atom. The van der Waals surface area contributed by atoms with Crippen molar-refractivity contribution in [1.29, 1.82) is 0 Å². The summed E-state index contributed by atoms with van der Waals surface area (Å²) in [5.74, 6) is 0.193. The number of anilines is 1. The van der Waals surface area contributed by atoms with Crippen LogP contribution in [0.3, 0.4) is 0 Å². The average Bonchev–Trinajstić information content (AvgIpc) is 3.59. The van der Waals surface area contributed by atoms with Crippen molar-refractivity contribution in [1.82, 2.24) is 20.0 Å². The number of amides is 1. The molecule has 0 aliphatic carbocycles. The minimum atomic E-state index is -4.07. The highest BCUT2D eigenvalue weighted by atomic mass is 32.2. The number of carbonyl (C=O) groups is 1. The fourth-order valence-corrected chi connectivity index (χ4v) is 5.55. The number of aryl methyl sites for hydroxylation is 2. The molecule has 204 valence electrons. The lowest BCUT2D eigenvalue weighted by Gasteiger charge is -2.21. The van der Waals surface area contributed by atoms with Gasteiger partial charge in [0.05, 0.1) is 16.8 Å². The largest absolute Gasteiger partial charge is 0.445 e. The Bertz CT molecular complexity index is 1800. The smallest absolute Gasteiger partial charge is 0.272 e. The van der Waals surface area contributed by atoms with E-state index in [4.69, 9.17) is 8.94 Å². The molecule has 1 N–H and O–H groups in total. The van der Waals surface area contributed by atoms with Crippen LogP contribution in [0.5, 0.6) is 0 Å². The molecule has 10 nitrogen and oxygen atoms in total. The highest BCUT2D eigenvalue weighted by Gasteiger charge is 2.25. The molecular weight excluding hydrogens is 530 g/mol. The summed E-state index contributed by atoms with van der Waals surface area (Å²) in [5, 5.41) is 3.84. The maximum atomic E-state index is 13.6. The molecule has 0 bridgehead atoms. The van der Waals surface area contributed by atoms with Crippen LogP contribution in [-0.2, 0) is 16.6 Å². The second-order valence-electron chi connectivity index (χ2n) is 9.36. The molecule has 0 unspecified atom stereocenters. The molecule has 0 atom stereocenters. The minimum Gasteiger partial charge on any atom is -0.445 e. The minimum absolute atomic E-state index is 0.0444. The molecule has 0 radical (unpaired) electrons. The molecule has 3 aromatic heterocycles. The van der Waals surface area contributed by atoms with Crippen LogP contribution in [0, 0.1) is 20.8 Å². The van der Waals surface area contributed by atoms with Crippen molar-refractivity contribution in [2.24, 2.45) is 0 Å². The van der Waals surface area contributed by atoms with E-state index in [1.54, 1.807) is 69.6 Å². The van der Waals surface area contributed by atoms with Crippen molar-refractivity contribution in [2.45, 2.75) is 32.2 Å². The maximum Gasteiger partial charge on any atom is 0.272 e. The Kier molecular flexibility index (Phi) is 7.22. The number of hydrogen-bond donors (Lipinski definition) is 1. The summed E-state index contributed by atoms with van der Waals surface area (Å²) < 4.78 is 40.4. The average molecular weight is 558 g/mol. The van der Waals surface area contributed by atoms with Crippen molar-refractivity contribution in [3.8, 4) is 22.6 Å². The number of nitrogens with one attached hydrogen (secondary N) is 1. The van der Waals surface area contributed by atoms with E-state index in [1.165, 1.54) is 17.2 Å². The summed E-state index contributed by atoms with van der Waals surface area (Å²) in [6.45, 7) is 5.45. The molecule has 0 spiro atoms. The maximum absolute atomic E-state index is 13.6. The number of pyridine rings is 1. The van der Waals surface area contributed by atoms with E-state index in [-0.39, 0.29) is 23.2 Å². The SMILES string of the molecule is Cc1cccc(C(=O)N(C)Cc2cc(-c3ncco3)ccc2-c2ccccc2S(=O)(=O)Nc2onc(C)c2C)n1. The number of benzene rings is 2. The predicted octanol–water partition coefficient (Wildman–Crippen LogP) is 5.39. The molecule has 40 heavy (non-hydrogen) atoms. The van der Waals surface area contributed by atoms with E-state index in [0.29, 0.717) is 45.1 Å². The molecule has 0 aliphatic heterocycles. The van der Waals surface area contributed by atoms with Crippen LogP contribution < -0.4 is 4.72 Å². The van der Waals surface area contributed by atoms with E-state index < -0.39 is 10.0 Å². The monoisotopic (exact) mass is 557 g/mol. The molecule has 0 aliphatic rings. The molecule has 1 amide bonds. The first-order chi connectivity index (χ1) is 19.1. The quantitative estimate of drug-likeness (QED) is 0.269. The zero-order valence-corrected chi connectivity index (χ0v) is 23.2. The number of sulfonamides is 1. The van der Waals surface area contributed by atoms with Crippen LogP contribution in [0.4, 0.5) is 5.88 Å². The third-order valence-corrected chi connectivity index (χ3v) is 7.89. The summed E-state index contributed by atoms with van der Waals surface area (Å²) in [6, 6.07) is 17.4. The van der Waals surface area contributed by atoms with Gasteiger partial charge in [0.1, 0.15) is 12.0 Å². The zero-order valence-electron chi connectivity index (χ0n) is 22.4. The van der Waals surface area contributed by atoms with Crippen molar-refractivity contribution >= 4 is 21.8 Å². The molecular formula is C29H27N5O5S. The highest BCUT2D eigenvalue weighted by molar-refractivity contribution is 7.92. The molecule has 3 heterocycles. The lowest BCUT2D eigenvalue weighted by molar-refractivity contribution is 0.0779. The second kappa shape index (κ2) is 10.8. The van der Waals surface area contributed by atoms with Crippen molar-refractivity contribution < 1.29 is 22.2 Å². The first-order valence-electron chi connectivity index (χ1n) is 12.4. The third-order valence-electron chi connectivity index (χ3n) is 6.50. The lowest BCUT2D eigenvalue weighted by Crippen LogP contribution is -2.27. The normalized spacial score (nSPS) is 11.4. The summed E-state index contributed by atoms with van der Waals surface area (Å²) in [4.78, 5) is 23.4. The highest BCUT2D eigenvalue weighted by Crippen LogP contribution is 2.34. The van der Waals surface area contributed by atoms with Crippen LogP contribution in [0.15, 0.2) is 87.0 Å². The molecule has 5 aromatic rings. The Hall–Kier alpha value is -4.77. The first kappa shape index (κ1) is 26.8. The van der Waals surface area contributed by atoms with Gasteiger partial charge in [-0.15, -0.1) is 0 Å². The Balaban J connectivity index is 1.58. The molecule has 0 fully saturated rings. The van der Waals surface area contributed by atoms with E-state index in [1.807, 2.05) is 19.1 Å². The van der Waals surface area contributed by atoms with Gasteiger partial charge in [-0.05, 0) is 62.2 Å². The first-order valence-corrected chi connectivity index (χ1v) is 13.9. The second-order valence-corrected chi connectivity index (χ2v) is 11.0. The van der Waals surface area contributed by atoms with Gasteiger partial charge in [-0.2, -0.15) is 0 Å². The molecule has 2 aromatic carbocycles. The van der Waals surface area contributed by atoms with Crippen LogP contribution in [-0.4, -0.2) is 41.4 Å². The van der Waals surface area contributed by atoms with Crippen LogP contribution >= 0.6 is 0 Å². The summed E-state index contributed by atoms with van der Waals surface area (Å²) in [5.41, 5.74) is 4.68. The van der Waals surface area contributed by atoms with Gasteiger partial charge in [0, 0.05) is 36.0 Å². The van der Waals surface area contributed by atoms with Gasteiger partial charge in [0.15, 0.2) is 0 Å². The fraction of sp³-hybridized carbons (Fsp3) is 0.172. The van der Waals surface area contributed by atoms with Gasteiger partial charge in [-0.25, -0.2) is 23.1 Å². The van der Waals surface area contributed by atoms with E-state index in [2.05, 4.69) is 19.8 Å². The van der Waals surface area contributed by atoms with Gasteiger partial charge in [0.2, 0.25) is 11.8 Å². The Morgan fingerprint density at radius 3 is 2.50 bits per heavy atom. The number of rotatable bonds is 8. The number of aromatic nitrogens is 3. The van der Waals surface area contributed by atoms with Crippen molar-refractivity contribution in [2.75, 3.05) is 11.8 Å². The van der Waals surface area contributed by atoms with Gasteiger partial charge >= 0.3 is 0 Å². The van der Waals surface area contributed by atoms with Crippen molar-refractivity contribution in [3.63, 3.8) is 0 Å². The van der Waals surface area contributed by atoms with Crippen LogP contribution in [0.2, 0.25) is 0 Å². The summed E-state index contributed by atoms with van der Waals surface area (Å²) in [6.07, 6.45) is 3.02. The fourth-order valence-electron chi connectivity index (χ4n) is 4.28. The molecule has 0 saturated heterocycles. The topological polar surface area (TPSA) is 131 Å². The van der Waals surface area contributed by atoms with E-state index in [0.717, 1.165) is 5.69 Å². The van der Waals surface area contributed by atoms with Gasteiger partial charge < -0.3 is 13.8 Å². The van der Waals surface area contributed by atoms with Crippen LogP contribution in [0.1, 0.15) is 33.0 Å². The summed E-state index contributed by atoms with van der Waals surface area (Å²) in [7, 11) is -2.40. The lowest BCUT2D eigenvalue weighted by atomic mass is 9.96. The number of hydrogen-bond acceptors (Lipinski definition) is 8. The molecule has 11 heteroatoms. The van der Waals surface area contributed by atoms with Crippen LogP contribution in [0.25, 0.3) is 22.6 Å². The molecule has 5 rings (SSSR count). The van der Waals surface area contributed by atoms with Gasteiger partial charge in [0.25, 0.3) is 15.9 Å². The predicted molar refractivity (Wildman–Crippen MR) is 149 cm³/mol. The third kappa shape index (κ3) is 5.36. The number of oxazole rings is 1. The Labute approximate surface area is 231 Å². The standard InChI is InChI=1S/C29H27N5O5S/c1-18-8-7-10-25(31-18)29(35)34(4)17-22-16-21(28-30-14-15-38-28)12-13-23(22)24-9-5-6-11-26(24)40(36,37)33-27-19(2)20(3)32-39-27/h5-16,33H,17H2,1-4H3. The number of carbonyl (C=O) groups excluding carboxylic acids is 1. The summed E-state index contributed by atoms with van der Waals surface area (Å²) >= 11 is 0. The van der Waals surface area contributed by atoms with E-state index in [9.17, 15) is 13.2 Å². The molecule has 0 saturated carbocycles. The zero-order chi connectivity index (χ0) is 28.4. The number of nitrogens with zero attached hydrogens (tertiary/aromatic N) is 4. The van der Waals surface area contributed by atoms with E-state index >= 15 is 0 Å². The Morgan fingerprint density at radius 2 is 1.80 bits per heavy atom. The van der Waals surface area contributed by atoms with Gasteiger partial charge in [-0.3, -0.25) is 4.79 Å².